The predicted molar refractivity (Wildman–Crippen MR) is 70.3 cm³/mol. The Labute approximate surface area is 111 Å². The van der Waals surface area contributed by atoms with E-state index in [1.54, 1.807) is 18.3 Å². The summed E-state index contributed by atoms with van der Waals surface area (Å²) in [6, 6.07) is 6.96. The first-order valence-electron chi connectivity index (χ1n) is 6.43. The number of rotatable bonds is 3. The maximum absolute atomic E-state index is 13.7. The highest BCUT2D eigenvalue weighted by Gasteiger charge is 2.15. The van der Waals surface area contributed by atoms with Gasteiger partial charge in [0.15, 0.2) is 0 Å². The quantitative estimate of drug-likeness (QED) is 0.885. The zero-order valence-corrected chi connectivity index (χ0v) is 10.5. The van der Waals surface area contributed by atoms with E-state index in [4.69, 9.17) is 4.74 Å². The summed E-state index contributed by atoms with van der Waals surface area (Å²) < 4.78 is 19.1. The monoisotopic (exact) mass is 261 g/mol. The molecule has 0 saturated carbocycles. The molecule has 1 unspecified atom stereocenters. The van der Waals surface area contributed by atoms with Gasteiger partial charge >= 0.3 is 0 Å². The fourth-order valence-electron chi connectivity index (χ4n) is 2.27. The highest BCUT2D eigenvalue weighted by atomic mass is 19.1. The van der Waals surface area contributed by atoms with Gasteiger partial charge in [-0.15, -0.1) is 0 Å². The predicted octanol–water partition coefficient (Wildman–Crippen LogP) is 1.75. The number of aromatic amines is 1. The van der Waals surface area contributed by atoms with E-state index in [2.05, 4.69) is 15.3 Å². The number of H-pyrrole nitrogens is 1. The second-order valence-electron chi connectivity index (χ2n) is 4.65. The molecule has 2 heterocycles. The standard InChI is InChI=1S/C14H16FN3O/c15-12-4-2-1-3-11(12)13-8-17-14(18-13)7-10-9-19-6-5-16-10/h1-4,8,10,16H,5-7,9H2,(H,17,18). The summed E-state index contributed by atoms with van der Waals surface area (Å²) in [6.45, 7) is 2.32. The molecule has 2 N–H and O–H groups in total. The lowest BCUT2D eigenvalue weighted by molar-refractivity contribution is 0.0764. The number of nitrogens with zero attached hydrogens (tertiary/aromatic N) is 1. The van der Waals surface area contributed by atoms with Gasteiger partial charge < -0.3 is 15.0 Å². The normalized spacial score (nSPS) is 19.5. The molecule has 1 aliphatic heterocycles. The van der Waals surface area contributed by atoms with Crippen molar-refractivity contribution in [3.63, 3.8) is 0 Å². The highest BCUT2D eigenvalue weighted by molar-refractivity contribution is 5.59. The van der Waals surface area contributed by atoms with Crippen molar-refractivity contribution in [2.45, 2.75) is 12.5 Å². The third-order valence-electron chi connectivity index (χ3n) is 3.23. The first kappa shape index (κ1) is 12.3. The molecule has 0 bridgehead atoms. The lowest BCUT2D eigenvalue weighted by Crippen LogP contribution is -2.42. The minimum atomic E-state index is -0.239. The summed E-state index contributed by atoms with van der Waals surface area (Å²) in [7, 11) is 0. The number of aromatic nitrogens is 2. The zero-order valence-electron chi connectivity index (χ0n) is 10.5. The first-order valence-corrected chi connectivity index (χ1v) is 6.43. The van der Waals surface area contributed by atoms with Gasteiger partial charge in [-0.2, -0.15) is 0 Å². The van der Waals surface area contributed by atoms with Crippen LogP contribution in [0.25, 0.3) is 11.3 Å². The number of nitrogens with one attached hydrogen (secondary N) is 2. The fraction of sp³-hybridized carbons (Fsp3) is 0.357. The molecule has 1 aromatic heterocycles. The molecule has 19 heavy (non-hydrogen) atoms. The van der Waals surface area contributed by atoms with Crippen LogP contribution >= 0.6 is 0 Å². The molecular weight excluding hydrogens is 245 g/mol. The molecule has 3 rings (SSSR count). The van der Waals surface area contributed by atoms with Gasteiger partial charge in [0, 0.05) is 24.6 Å². The molecule has 4 nitrogen and oxygen atoms in total. The average Bonchev–Trinajstić information content (AvgIpc) is 2.89. The van der Waals surface area contributed by atoms with Crippen LogP contribution in [0.2, 0.25) is 0 Å². The van der Waals surface area contributed by atoms with Gasteiger partial charge in [0.2, 0.25) is 0 Å². The molecule has 1 saturated heterocycles. The summed E-state index contributed by atoms with van der Waals surface area (Å²) in [5.74, 6) is 0.609. The molecule has 1 atom stereocenters. The Morgan fingerprint density at radius 2 is 2.26 bits per heavy atom. The van der Waals surface area contributed by atoms with Gasteiger partial charge in [-0.05, 0) is 12.1 Å². The van der Waals surface area contributed by atoms with Gasteiger partial charge in [-0.3, -0.25) is 0 Å². The van der Waals surface area contributed by atoms with Crippen LogP contribution in [-0.2, 0) is 11.2 Å². The van der Waals surface area contributed by atoms with E-state index < -0.39 is 0 Å². The van der Waals surface area contributed by atoms with Crippen molar-refractivity contribution in [3.8, 4) is 11.3 Å². The number of benzene rings is 1. The van der Waals surface area contributed by atoms with Crippen LogP contribution in [0.3, 0.4) is 0 Å². The van der Waals surface area contributed by atoms with Gasteiger partial charge in [0.05, 0.1) is 25.1 Å². The molecule has 0 amide bonds. The number of hydrogen-bond donors (Lipinski definition) is 2. The van der Waals surface area contributed by atoms with Crippen molar-refractivity contribution in [2.75, 3.05) is 19.8 Å². The van der Waals surface area contributed by atoms with Crippen LogP contribution in [0.4, 0.5) is 4.39 Å². The van der Waals surface area contributed by atoms with Gasteiger partial charge in [-0.25, -0.2) is 9.37 Å². The van der Waals surface area contributed by atoms with E-state index in [0.29, 0.717) is 17.9 Å². The summed E-state index contributed by atoms with van der Waals surface area (Å²) in [5, 5.41) is 3.37. The fourth-order valence-corrected chi connectivity index (χ4v) is 2.27. The van der Waals surface area contributed by atoms with E-state index in [1.165, 1.54) is 6.07 Å². The van der Waals surface area contributed by atoms with E-state index in [-0.39, 0.29) is 11.9 Å². The Morgan fingerprint density at radius 1 is 1.37 bits per heavy atom. The molecule has 1 aliphatic rings. The topological polar surface area (TPSA) is 49.9 Å². The van der Waals surface area contributed by atoms with E-state index in [9.17, 15) is 4.39 Å². The second-order valence-corrected chi connectivity index (χ2v) is 4.65. The zero-order chi connectivity index (χ0) is 13.1. The highest BCUT2D eigenvalue weighted by Crippen LogP contribution is 2.20. The number of morpholine rings is 1. The Balaban J connectivity index is 1.74. The van der Waals surface area contributed by atoms with Gasteiger partial charge in [0.25, 0.3) is 0 Å². The van der Waals surface area contributed by atoms with Crippen molar-refractivity contribution in [2.24, 2.45) is 0 Å². The van der Waals surface area contributed by atoms with Crippen LogP contribution in [0, 0.1) is 5.82 Å². The summed E-state index contributed by atoms with van der Waals surface area (Å²) >= 11 is 0. The Kier molecular flexibility index (Phi) is 3.57. The van der Waals surface area contributed by atoms with Crippen LogP contribution < -0.4 is 5.32 Å². The van der Waals surface area contributed by atoms with Crippen molar-refractivity contribution in [1.29, 1.82) is 0 Å². The second kappa shape index (κ2) is 5.50. The maximum atomic E-state index is 13.7. The van der Waals surface area contributed by atoms with E-state index in [0.717, 1.165) is 25.4 Å². The number of ether oxygens (including phenoxy) is 1. The lowest BCUT2D eigenvalue weighted by atomic mass is 10.1. The summed E-state index contributed by atoms with van der Waals surface area (Å²) in [6.07, 6.45) is 2.44. The van der Waals surface area contributed by atoms with Crippen LogP contribution in [0.5, 0.6) is 0 Å². The Morgan fingerprint density at radius 3 is 3.05 bits per heavy atom. The Bertz CT molecular complexity index is 549. The molecule has 1 fully saturated rings. The minimum absolute atomic E-state index is 0.239. The van der Waals surface area contributed by atoms with Crippen LogP contribution in [-0.4, -0.2) is 35.8 Å². The van der Waals surface area contributed by atoms with Gasteiger partial charge in [0.1, 0.15) is 11.6 Å². The molecule has 0 spiro atoms. The van der Waals surface area contributed by atoms with Crippen molar-refractivity contribution >= 4 is 0 Å². The third-order valence-corrected chi connectivity index (χ3v) is 3.23. The third kappa shape index (κ3) is 2.83. The molecule has 0 radical (unpaired) electrons. The number of imidazole rings is 1. The smallest absolute Gasteiger partial charge is 0.132 e. The minimum Gasteiger partial charge on any atom is -0.379 e. The first-order chi connectivity index (χ1) is 9.33. The van der Waals surface area contributed by atoms with Gasteiger partial charge in [-0.1, -0.05) is 12.1 Å². The summed E-state index contributed by atoms with van der Waals surface area (Å²) in [5.41, 5.74) is 1.26. The molecule has 100 valence electrons. The maximum Gasteiger partial charge on any atom is 0.132 e. The van der Waals surface area contributed by atoms with Crippen LogP contribution in [0.15, 0.2) is 30.5 Å². The molecule has 2 aromatic rings. The summed E-state index contributed by atoms with van der Waals surface area (Å²) in [4.78, 5) is 7.48. The van der Waals surface area contributed by atoms with Crippen LogP contribution in [0.1, 0.15) is 5.82 Å². The largest absolute Gasteiger partial charge is 0.379 e. The number of hydrogen-bond acceptors (Lipinski definition) is 3. The molecule has 5 heteroatoms. The van der Waals surface area contributed by atoms with Crippen molar-refractivity contribution in [3.05, 3.63) is 42.1 Å². The molecule has 1 aromatic carbocycles. The lowest BCUT2D eigenvalue weighted by Gasteiger charge is -2.22. The van der Waals surface area contributed by atoms with E-state index in [1.807, 2.05) is 6.07 Å². The molecular formula is C14H16FN3O. The van der Waals surface area contributed by atoms with Crippen molar-refractivity contribution in [1.82, 2.24) is 15.3 Å². The average molecular weight is 261 g/mol. The van der Waals surface area contributed by atoms with Crippen molar-refractivity contribution < 1.29 is 9.13 Å². The Hall–Kier alpha value is -1.72. The number of halogens is 1. The van der Waals surface area contributed by atoms with E-state index >= 15 is 0 Å². The molecule has 0 aliphatic carbocycles. The SMILES string of the molecule is Fc1ccccc1-c1cnc(CC2COCCN2)[nH]1.